The molecular formula is C13H21NO5S. The van der Waals surface area contributed by atoms with Crippen molar-refractivity contribution in [2.75, 3.05) is 0 Å². The first-order valence-electron chi connectivity index (χ1n) is 6.19. The number of rotatable bonds is 4. The van der Waals surface area contributed by atoms with Crippen LogP contribution < -0.4 is 0 Å². The second-order valence-electron chi connectivity index (χ2n) is 6.66. The minimum Gasteiger partial charge on any atom is -0.623 e. The predicted molar refractivity (Wildman–Crippen MR) is 75.5 cm³/mol. The lowest BCUT2D eigenvalue weighted by molar-refractivity contribution is -0.540. The van der Waals surface area contributed by atoms with Crippen molar-refractivity contribution in [3.8, 4) is 0 Å². The monoisotopic (exact) mass is 303 g/mol. The Labute approximate surface area is 119 Å². The molecule has 7 heteroatoms. The summed E-state index contributed by atoms with van der Waals surface area (Å²) in [5.74, 6) is 0.0783. The van der Waals surface area contributed by atoms with Crippen LogP contribution >= 0.6 is 0 Å². The van der Waals surface area contributed by atoms with Gasteiger partial charge in [-0.25, -0.2) is 4.74 Å². The average Bonchev–Trinajstić information content (AvgIpc) is 2.61. The van der Waals surface area contributed by atoms with Gasteiger partial charge in [0.1, 0.15) is 11.2 Å². The Kier molecular flexibility index (Phi) is 4.36. The van der Waals surface area contributed by atoms with E-state index in [0.717, 1.165) is 17.1 Å². The largest absolute Gasteiger partial charge is 0.623 e. The molecule has 0 spiro atoms. The molecule has 0 atom stereocenters. The van der Waals surface area contributed by atoms with Gasteiger partial charge < -0.3 is 9.62 Å². The normalized spacial score (nSPS) is 14.6. The van der Waals surface area contributed by atoms with Crippen LogP contribution in [-0.4, -0.2) is 29.5 Å². The highest BCUT2D eigenvalue weighted by Gasteiger charge is 2.32. The van der Waals surface area contributed by atoms with E-state index in [0.29, 0.717) is 6.42 Å². The van der Waals surface area contributed by atoms with Crippen LogP contribution in [0.1, 0.15) is 46.8 Å². The molecule has 1 N–H and O–H groups in total. The third-order valence-corrected chi connectivity index (χ3v) is 3.51. The van der Waals surface area contributed by atoms with Gasteiger partial charge >= 0.3 is 0 Å². The molecule has 0 fully saturated rings. The fraction of sp³-hybridized carbons (Fsp3) is 0.615. The Morgan fingerprint density at radius 1 is 1.35 bits per heavy atom. The van der Waals surface area contributed by atoms with Gasteiger partial charge in [0.2, 0.25) is 6.21 Å². The molecule has 6 nitrogen and oxygen atoms in total. The van der Waals surface area contributed by atoms with Gasteiger partial charge in [-0.05, 0) is 5.41 Å². The standard InChI is InChI=1S/C13H21NO5S/c1-12(2,3)9-13(4,5)14(15)7-10-6-11(8-19-10)20(16,17)18/h6-8H,9H2,1-5H3,(H,16,17,18). The average molecular weight is 303 g/mol. The summed E-state index contributed by atoms with van der Waals surface area (Å²) in [4.78, 5) is -0.370. The fourth-order valence-electron chi connectivity index (χ4n) is 2.20. The SMILES string of the molecule is CC(C)(C)CC(C)(C)[N+]([O-])=Cc1cc(S(=O)(=O)O)co1. The van der Waals surface area contributed by atoms with Gasteiger partial charge in [0.25, 0.3) is 10.1 Å². The number of hydroxylamine groups is 1. The summed E-state index contributed by atoms with van der Waals surface area (Å²) in [5.41, 5.74) is -0.688. The highest BCUT2D eigenvalue weighted by atomic mass is 32.2. The molecule has 114 valence electrons. The summed E-state index contributed by atoms with van der Waals surface area (Å²) in [6, 6.07) is 1.10. The molecule has 0 bridgehead atoms. The van der Waals surface area contributed by atoms with Crippen LogP contribution in [0.5, 0.6) is 0 Å². The maximum absolute atomic E-state index is 12.2. The van der Waals surface area contributed by atoms with Gasteiger partial charge in [-0.15, -0.1) is 0 Å². The van der Waals surface area contributed by atoms with Crippen LogP contribution in [0.15, 0.2) is 21.6 Å². The van der Waals surface area contributed by atoms with E-state index in [9.17, 15) is 13.6 Å². The van der Waals surface area contributed by atoms with Crippen LogP contribution in [0.25, 0.3) is 0 Å². The Hall–Kier alpha value is -1.34. The third kappa shape index (κ3) is 4.64. The zero-order valence-electron chi connectivity index (χ0n) is 12.4. The van der Waals surface area contributed by atoms with Crippen LogP contribution in [-0.2, 0) is 10.1 Å². The molecule has 1 aromatic heterocycles. The van der Waals surface area contributed by atoms with Crippen LogP contribution in [0.3, 0.4) is 0 Å². The lowest BCUT2D eigenvalue weighted by atomic mass is 9.82. The van der Waals surface area contributed by atoms with Gasteiger partial charge in [-0.3, -0.25) is 4.55 Å². The first kappa shape index (κ1) is 16.7. The fourth-order valence-corrected chi connectivity index (χ4v) is 2.64. The molecule has 1 heterocycles. The molecular weight excluding hydrogens is 282 g/mol. The van der Waals surface area contributed by atoms with Crippen molar-refractivity contribution in [3.63, 3.8) is 0 Å². The minimum absolute atomic E-state index is 0.0250. The Morgan fingerprint density at radius 2 is 1.90 bits per heavy atom. The second-order valence-corrected chi connectivity index (χ2v) is 8.09. The first-order chi connectivity index (χ1) is 8.81. The van der Waals surface area contributed by atoms with Crippen molar-refractivity contribution in [1.82, 2.24) is 0 Å². The molecule has 20 heavy (non-hydrogen) atoms. The number of furan rings is 1. The van der Waals surface area contributed by atoms with Gasteiger partial charge in [0.15, 0.2) is 11.3 Å². The summed E-state index contributed by atoms with van der Waals surface area (Å²) in [6.07, 6.45) is 2.72. The van der Waals surface area contributed by atoms with E-state index < -0.39 is 15.7 Å². The zero-order valence-corrected chi connectivity index (χ0v) is 13.2. The van der Waals surface area contributed by atoms with E-state index in [4.69, 9.17) is 8.97 Å². The number of nitrogens with zero attached hydrogens (tertiary/aromatic N) is 1. The summed E-state index contributed by atoms with van der Waals surface area (Å²) < 4.78 is 36.4. The lowest BCUT2D eigenvalue weighted by Gasteiger charge is -2.30. The molecule has 0 radical (unpaired) electrons. The maximum atomic E-state index is 12.2. The van der Waals surface area contributed by atoms with Crippen molar-refractivity contribution < 1.29 is 22.1 Å². The van der Waals surface area contributed by atoms with Crippen molar-refractivity contribution in [1.29, 1.82) is 0 Å². The number of hydrogen-bond acceptors (Lipinski definition) is 4. The Morgan fingerprint density at radius 3 is 2.30 bits per heavy atom. The van der Waals surface area contributed by atoms with E-state index >= 15 is 0 Å². The van der Waals surface area contributed by atoms with Crippen molar-refractivity contribution in [2.24, 2.45) is 5.41 Å². The smallest absolute Gasteiger partial charge is 0.297 e. The van der Waals surface area contributed by atoms with Crippen LogP contribution in [0.2, 0.25) is 0 Å². The summed E-state index contributed by atoms with van der Waals surface area (Å²) in [6.45, 7) is 9.70. The van der Waals surface area contributed by atoms with E-state index in [2.05, 4.69) is 0 Å². The number of hydrogen-bond donors (Lipinski definition) is 1. The molecule has 0 aliphatic heterocycles. The topological polar surface area (TPSA) is 93.6 Å². The summed E-state index contributed by atoms with van der Waals surface area (Å²) >= 11 is 0. The summed E-state index contributed by atoms with van der Waals surface area (Å²) in [5, 5.41) is 12.2. The molecule has 1 aromatic rings. The van der Waals surface area contributed by atoms with Crippen LogP contribution in [0, 0.1) is 10.6 Å². The first-order valence-corrected chi connectivity index (χ1v) is 7.63. The van der Waals surface area contributed by atoms with E-state index in [1.165, 1.54) is 6.21 Å². The molecule has 0 aliphatic carbocycles. The molecule has 0 saturated heterocycles. The molecule has 0 aliphatic rings. The van der Waals surface area contributed by atoms with Gasteiger partial charge in [-0.2, -0.15) is 8.42 Å². The Balaban J connectivity index is 3.02. The predicted octanol–water partition coefficient (Wildman–Crippen LogP) is 2.67. The summed E-state index contributed by atoms with van der Waals surface area (Å²) in [7, 11) is -4.32. The third-order valence-electron chi connectivity index (χ3n) is 2.70. The Bertz CT molecular complexity index is 605. The molecule has 0 unspecified atom stereocenters. The molecule has 0 aromatic carbocycles. The van der Waals surface area contributed by atoms with Gasteiger partial charge in [0, 0.05) is 26.3 Å². The van der Waals surface area contributed by atoms with Crippen molar-refractivity contribution in [2.45, 2.75) is 51.5 Å². The maximum Gasteiger partial charge on any atom is 0.297 e. The van der Waals surface area contributed by atoms with E-state index in [1.807, 2.05) is 20.8 Å². The molecule has 0 saturated carbocycles. The molecule has 0 amide bonds. The highest BCUT2D eigenvalue weighted by Crippen LogP contribution is 2.29. The van der Waals surface area contributed by atoms with E-state index in [-0.39, 0.29) is 16.1 Å². The van der Waals surface area contributed by atoms with Gasteiger partial charge in [0.05, 0.1) is 0 Å². The minimum atomic E-state index is -4.32. The van der Waals surface area contributed by atoms with E-state index in [1.54, 1.807) is 13.8 Å². The lowest BCUT2D eigenvalue weighted by Crippen LogP contribution is -2.37. The quantitative estimate of drug-likeness (QED) is 0.303. The zero-order chi connectivity index (χ0) is 15.8. The van der Waals surface area contributed by atoms with Crippen LogP contribution in [0.4, 0.5) is 0 Å². The van der Waals surface area contributed by atoms with Gasteiger partial charge in [-0.1, -0.05) is 20.8 Å². The second kappa shape index (κ2) is 5.21. The van der Waals surface area contributed by atoms with Crippen molar-refractivity contribution in [3.05, 3.63) is 23.3 Å². The highest BCUT2D eigenvalue weighted by molar-refractivity contribution is 7.85. The molecule has 1 rings (SSSR count). The van der Waals surface area contributed by atoms with Crippen molar-refractivity contribution >= 4 is 16.3 Å².